The summed E-state index contributed by atoms with van der Waals surface area (Å²) in [5.41, 5.74) is -1.12. The van der Waals surface area contributed by atoms with Crippen LogP contribution in [0.4, 0.5) is 24.7 Å². The fraction of sp³-hybridized carbons (Fsp3) is 0.133. The fourth-order valence-corrected chi connectivity index (χ4v) is 1.96. The number of carbonyl (C=O) groups excluding carboxylic acids is 1. The summed E-state index contributed by atoms with van der Waals surface area (Å²) in [5.74, 6) is -0.245. The lowest BCUT2D eigenvalue weighted by molar-refractivity contribution is -0.137. The topological polar surface area (TPSA) is 66.9 Å². The van der Waals surface area contributed by atoms with E-state index in [1.54, 1.807) is 6.08 Å². The predicted octanol–water partition coefficient (Wildman–Crippen LogP) is 4.00. The van der Waals surface area contributed by atoms with Crippen LogP contribution in [0, 0.1) is 0 Å². The van der Waals surface area contributed by atoms with Gasteiger partial charge in [-0.05, 0) is 30.3 Å². The van der Waals surface area contributed by atoms with E-state index in [0.29, 0.717) is 12.4 Å². The SMILES string of the molecule is C=CCNc1ccc(C(=O)Nc2ccc(Cl)c(C(F)(F)F)c2)nn1. The number of benzene rings is 1. The number of hydrogen-bond acceptors (Lipinski definition) is 4. The minimum atomic E-state index is -4.61. The van der Waals surface area contributed by atoms with Crippen molar-refractivity contribution in [3.05, 3.63) is 59.3 Å². The van der Waals surface area contributed by atoms with Gasteiger partial charge >= 0.3 is 6.18 Å². The van der Waals surface area contributed by atoms with E-state index in [1.165, 1.54) is 18.2 Å². The van der Waals surface area contributed by atoms with Crippen LogP contribution in [0.3, 0.4) is 0 Å². The average molecular weight is 357 g/mol. The van der Waals surface area contributed by atoms with E-state index >= 15 is 0 Å². The van der Waals surface area contributed by atoms with Crippen molar-refractivity contribution in [2.45, 2.75) is 6.18 Å². The van der Waals surface area contributed by atoms with Crippen molar-refractivity contribution in [3.63, 3.8) is 0 Å². The van der Waals surface area contributed by atoms with Crippen LogP contribution in [0.5, 0.6) is 0 Å². The number of nitrogens with zero attached hydrogens (tertiary/aromatic N) is 2. The maximum atomic E-state index is 12.8. The molecular weight excluding hydrogens is 345 g/mol. The molecule has 5 nitrogen and oxygen atoms in total. The van der Waals surface area contributed by atoms with E-state index < -0.39 is 22.7 Å². The number of hydrogen-bond donors (Lipinski definition) is 2. The van der Waals surface area contributed by atoms with Gasteiger partial charge in [-0.2, -0.15) is 13.2 Å². The number of nitrogens with one attached hydrogen (secondary N) is 2. The zero-order valence-electron chi connectivity index (χ0n) is 12.2. The van der Waals surface area contributed by atoms with E-state index in [4.69, 9.17) is 11.6 Å². The first kappa shape index (κ1) is 17.7. The Morgan fingerprint density at radius 2 is 2.00 bits per heavy atom. The van der Waals surface area contributed by atoms with E-state index in [0.717, 1.165) is 12.1 Å². The highest BCUT2D eigenvalue weighted by molar-refractivity contribution is 6.31. The van der Waals surface area contributed by atoms with E-state index in [9.17, 15) is 18.0 Å². The lowest BCUT2D eigenvalue weighted by Crippen LogP contribution is -2.16. The Kier molecular flexibility index (Phi) is 5.40. The third-order valence-corrected chi connectivity index (χ3v) is 3.18. The Labute approximate surface area is 140 Å². The highest BCUT2D eigenvalue weighted by Gasteiger charge is 2.33. The quantitative estimate of drug-likeness (QED) is 0.795. The van der Waals surface area contributed by atoms with Crippen molar-refractivity contribution in [2.75, 3.05) is 17.2 Å². The van der Waals surface area contributed by atoms with Crippen molar-refractivity contribution in [2.24, 2.45) is 0 Å². The van der Waals surface area contributed by atoms with Gasteiger partial charge < -0.3 is 10.6 Å². The summed E-state index contributed by atoms with van der Waals surface area (Å²) < 4.78 is 38.4. The van der Waals surface area contributed by atoms with Crippen molar-refractivity contribution in [1.82, 2.24) is 10.2 Å². The summed E-state index contributed by atoms with van der Waals surface area (Å²) in [6.45, 7) is 4.01. The molecule has 0 fully saturated rings. The number of alkyl halides is 3. The summed E-state index contributed by atoms with van der Waals surface area (Å²) in [6.07, 6.45) is -2.99. The van der Waals surface area contributed by atoms with Crippen LogP contribution >= 0.6 is 11.6 Å². The second kappa shape index (κ2) is 7.31. The molecule has 0 atom stereocenters. The van der Waals surface area contributed by atoms with Crippen molar-refractivity contribution >= 4 is 29.0 Å². The minimum Gasteiger partial charge on any atom is -0.365 e. The predicted molar refractivity (Wildman–Crippen MR) is 85.1 cm³/mol. The number of carbonyl (C=O) groups is 1. The van der Waals surface area contributed by atoms with Crippen LogP contribution in [-0.4, -0.2) is 22.6 Å². The lowest BCUT2D eigenvalue weighted by Gasteiger charge is -2.11. The summed E-state index contributed by atoms with van der Waals surface area (Å²) >= 11 is 5.52. The Hall–Kier alpha value is -2.61. The molecule has 0 spiro atoms. The molecule has 0 saturated carbocycles. The number of rotatable bonds is 5. The van der Waals surface area contributed by atoms with Gasteiger partial charge in [0.2, 0.25) is 0 Å². The Bertz CT molecular complexity index is 747. The molecule has 0 saturated heterocycles. The van der Waals surface area contributed by atoms with Crippen LogP contribution < -0.4 is 10.6 Å². The fourth-order valence-electron chi connectivity index (χ4n) is 1.74. The molecule has 0 aliphatic carbocycles. The first-order valence-electron chi connectivity index (χ1n) is 6.68. The van der Waals surface area contributed by atoms with Crippen molar-refractivity contribution < 1.29 is 18.0 Å². The molecule has 0 bridgehead atoms. The molecule has 0 unspecified atom stereocenters. The van der Waals surface area contributed by atoms with E-state index in [-0.39, 0.29) is 11.4 Å². The normalized spacial score (nSPS) is 11.0. The minimum absolute atomic E-state index is 0.0392. The number of anilines is 2. The number of halogens is 4. The largest absolute Gasteiger partial charge is 0.417 e. The second-order valence-electron chi connectivity index (χ2n) is 4.62. The van der Waals surface area contributed by atoms with Gasteiger partial charge in [0.1, 0.15) is 5.82 Å². The highest BCUT2D eigenvalue weighted by Crippen LogP contribution is 2.36. The maximum Gasteiger partial charge on any atom is 0.417 e. The number of aromatic nitrogens is 2. The number of amides is 1. The molecule has 0 aliphatic heterocycles. The molecule has 1 aromatic heterocycles. The van der Waals surface area contributed by atoms with Crippen LogP contribution in [0.15, 0.2) is 43.0 Å². The van der Waals surface area contributed by atoms with Crippen molar-refractivity contribution in [3.8, 4) is 0 Å². The van der Waals surface area contributed by atoms with Crippen LogP contribution in [0.1, 0.15) is 16.1 Å². The van der Waals surface area contributed by atoms with Gasteiger partial charge in [0.05, 0.1) is 10.6 Å². The van der Waals surface area contributed by atoms with Gasteiger partial charge in [0.25, 0.3) is 5.91 Å². The average Bonchev–Trinajstić information content (AvgIpc) is 2.54. The summed E-state index contributed by atoms with van der Waals surface area (Å²) in [4.78, 5) is 12.0. The maximum absolute atomic E-state index is 12.8. The molecule has 2 aromatic rings. The Balaban J connectivity index is 2.13. The Morgan fingerprint density at radius 3 is 2.58 bits per heavy atom. The molecule has 0 radical (unpaired) electrons. The van der Waals surface area contributed by atoms with Crippen LogP contribution in [-0.2, 0) is 6.18 Å². The molecule has 9 heteroatoms. The van der Waals surface area contributed by atoms with Crippen molar-refractivity contribution in [1.29, 1.82) is 0 Å². The third kappa shape index (κ3) is 4.45. The smallest absolute Gasteiger partial charge is 0.365 e. The lowest BCUT2D eigenvalue weighted by atomic mass is 10.2. The summed E-state index contributed by atoms with van der Waals surface area (Å²) in [7, 11) is 0. The van der Waals surface area contributed by atoms with E-state index in [1.807, 2.05) is 0 Å². The summed E-state index contributed by atoms with van der Waals surface area (Å²) in [5, 5.41) is 12.2. The van der Waals surface area contributed by atoms with Gasteiger partial charge in [-0.3, -0.25) is 4.79 Å². The first-order valence-corrected chi connectivity index (χ1v) is 7.05. The molecule has 1 heterocycles. The molecule has 2 rings (SSSR count). The Morgan fingerprint density at radius 1 is 1.25 bits per heavy atom. The van der Waals surface area contributed by atoms with Gasteiger partial charge in [-0.25, -0.2) is 0 Å². The molecule has 126 valence electrons. The van der Waals surface area contributed by atoms with Gasteiger partial charge in [0, 0.05) is 12.2 Å². The zero-order valence-corrected chi connectivity index (χ0v) is 12.9. The van der Waals surface area contributed by atoms with E-state index in [2.05, 4.69) is 27.4 Å². The highest BCUT2D eigenvalue weighted by atomic mass is 35.5. The standard InChI is InChI=1S/C15H12ClF3N4O/c1-2-7-20-13-6-5-12(22-23-13)14(24)21-9-3-4-11(16)10(8-9)15(17,18)19/h2-6,8H,1,7H2,(H,20,23)(H,21,24). The molecule has 24 heavy (non-hydrogen) atoms. The summed E-state index contributed by atoms with van der Waals surface area (Å²) in [6, 6.07) is 6.01. The second-order valence-corrected chi connectivity index (χ2v) is 5.03. The molecule has 2 N–H and O–H groups in total. The van der Waals surface area contributed by atoms with Gasteiger partial charge in [0.15, 0.2) is 5.69 Å². The molecular formula is C15H12ClF3N4O. The van der Waals surface area contributed by atoms with Crippen LogP contribution in [0.25, 0.3) is 0 Å². The first-order chi connectivity index (χ1) is 11.3. The van der Waals surface area contributed by atoms with Crippen LogP contribution in [0.2, 0.25) is 5.02 Å². The molecule has 1 aromatic carbocycles. The molecule has 0 aliphatic rings. The third-order valence-electron chi connectivity index (χ3n) is 2.85. The molecule has 1 amide bonds. The monoisotopic (exact) mass is 356 g/mol. The van der Waals surface area contributed by atoms with Gasteiger partial charge in [-0.1, -0.05) is 17.7 Å². The zero-order chi connectivity index (χ0) is 17.7. The van der Waals surface area contributed by atoms with Gasteiger partial charge in [-0.15, -0.1) is 16.8 Å².